The molecule has 1 amide bonds. The Morgan fingerprint density at radius 3 is 2.74 bits per heavy atom. The molecule has 1 aromatic heterocycles. The molecule has 0 unspecified atom stereocenters. The summed E-state index contributed by atoms with van der Waals surface area (Å²) in [5, 5.41) is 12.2. The molecule has 2 rings (SSSR count). The smallest absolute Gasteiger partial charge is 0.410 e. The molecule has 0 atom stereocenters. The van der Waals surface area contributed by atoms with Crippen molar-refractivity contribution in [2.75, 3.05) is 31.6 Å². The summed E-state index contributed by atoms with van der Waals surface area (Å²) in [6.45, 7) is 7.59. The van der Waals surface area contributed by atoms with Gasteiger partial charge in [-0.15, -0.1) is 0 Å². The second-order valence-electron chi connectivity index (χ2n) is 6.83. The van der Waals surface area contributed by atoms with Crippen molar-refractivity contribution in [2.24, 2.45) is 0 Å². The van der Waals surface area contributed by atoms with Crippen LogP contribution in [0, 0.1) is 0 Å². The lowest BCUT2D eigenvalue weighted by molar-refractivity contribution is 0.0204. The number of hydrogen-bond acceptors (Lipinski definition) is 5. The number of amides is 1. The zero-order valence-corrected chi connectivity index (χ0v) is 14.2. The van der Waals surface area contributed by atoms with Crippen LogP contribution in [0.2, 0.25) is 0 Å². The minimum atomic E-state index is -0.462. The molecular formula is C17H27N3O3. The quantitative estimate of drug-likeness (QED) is 0.891. The first-order valence-electron chi connectivity index (χ1n) is 8.18. The number of aliphatic hydroxyl groups is 1. The van der Waals surface area contributed by atoms with Crippen LogP contribution in [0.3, 0.4) is 0 Å². The lowest BCUT2D eigenvalue weighted by atomic mass is 9.92. The molecule has 2 N–H and O–H groups in total. The molecule has 1 fully saturated rings. The molecule has 0 spiro atoms. The number of anilines is 1. The third-order valence-corrected chi connectivity index (χ3v) is 3.80. The first-order valence-corrected chi connectivity index (χ1v) is 8.18. The van der Waals surface area contributed by atoms with E-state index in [1.165, 1.54) is 0 Å². The van der Waals surface area contributed by atoms with Crippen molar-refractivity contribution in [3.05, 3.63) is 24.0 Å². The molecule has 0 saturated carbocycles. The number of aliphatic hydroxyl groups excluding tert-OH is 1. The number of ether oxygens (including phenoxy) is 1. The average molecular weight is 321 g/mol. The van der Waals surface area contributed by atoms with Crippen molar-refractivity contribution in [1.82, 2.24) is 9.88 Å². The maximum absolute atomic E-state index is 12.1. The van der Waals surface area contributed by atoms with E-state index in [0.29, 0.717) is 25.6 Å². The molecule has 23 heavy (non-hydrogen) atoms. The van der Waals surface area contributed by atoms with Gasteiger partial charge in [0.1, 0.15) is 5.60 Å². The number of nitrogens with one attached hydrogen (secondary N) is 1. The van der Waals surface area contributed by atoms with Gasteiger partial charge in [-0.1, -0.05) is 0 Å². The third kappa shape index (κ3) is 5.10. The van der Waals surface area contributed by atoms with E-state index in [1.807, 2.05) is 32.9 Å². The number of rotatable bonds is 4. The van der Waals surface area contributed by atoms with Crippen LogP contribution in [0.15, 0.2) is 18.3 Å². The fourth-order valence-electron chi connectivity index (χ4n) is 2.74. The Kier molecular flexibility index (Phi) is 5.82. The van der Waals surface area contributed by atoms with Crippen LogP contribution in [0.25, 0.3) is 0 Å². The van der Waals surface area contributed by atoms with Gasteiger partial charge in [0, 0.05) is 31.7 Å². The van der Waals surface area contributed by atoms with Crippen molar-refractivity contribution in [2.45, 2.75) is 45.1 Å². The molecule has 1 aromatic rings. The number of carbonyl (C=O) groups excluding carboxylic acids is 1. The highest BCUT2D eigenvalue weighted by atomic mass is 16.6. The standard InChI is InChI=1S/C17H27N3O3/c1-17(2,3)23-16(22)20-10-6-13(7-11-20)15-14(18-9-12-21)5-4-8-19-15/h4-5,8,13,18,21H,6-7,9-12H2,1-3H3. The van der Waals surface area contributed by atoms with E-state index < -0.39 is 5.60 Å². The van der Waals surface area contributed by atoms with Gasteiger partial charge >= 0.3 is 6.09 Å². The fraction of sp³-hybridized carbons (Fsp3) is 0.647. The second kappa shape index (κ2) is 7.64. The summed E-state index contributed by atoms with van der Waals surface area (Å²) < 4.78 is 5.43. The summed E-state index contributed by atoms with van der Waals surface area (Å²) in [5.41, 5.74) is 1.53. The predicted molar refractivity (Wildman–Crippen MR) is 89.6 cm³/mol. The highest BCUT2D eigenvalue weighted by Crippen LogP contribution is 2.31. The van der Waals surface area contributed by atoms with Crippen LogP contribution < -0.4 is 5.32 Å². The predicted octanol–water partition coefficient (Wildman–Crippen LogP) is 2.60. The number of hydrogen-bond donors (Lipinski definition) is 2. The maximum atomic E-state index is 12.1. The van der Waals surface area contributed by atoms with Gasteiger partial charge in [0.15, 0.2) is 0 Å². The van der Waals surface area contributed by atoms with Crippen molar-refractivity contribution in [3.63, 3.8) is 0 Å². The molecule has 0 aromatic carbocycles. The molecule has 128 valence electrons. The summed E-state index contributed by atoms with van der Waals surface area (Å²) >= 11 is 0. The molecule has 1 aliphatic rings. The Bertz CT molecular complexity index is 520. The Morgan fingerprint density at radius 2 is 2.13 bits per heavy atom. The van der Waals surface area contributed by atoms with Crippen LogP contribution in [0.5, 0.6) is 0 Å². The summed E-state index contributed by atoms with van der Waals surface area (Å²) in [5.74, 6) is 0.316. The monoisotopic (exact) mass is 321 g/mol. The summed E-state index contributed by atoms with van der Waals surface area (Å²) in [4.78, 5) is 18.4. The number of carbonyl (C=O) groups is 1. The summed E-state index contributed by atoms with van der Waals surface area (Å²) in [7, 11) is 0. The lowest BCUT2D eigenvalue weighted by Gasteiger charge is -2.33. The van der Waals surface area contributed by atoms with E-state index in [-0.39, 0.29) is 12.7 Å². The zero-order valence-electron chi connectivity index (χ0n) is 14.2. The normalized spacial score (nSPS) is 16.3. The van der Waals surface area contributed by atoms with Gasteiger partial charge in [-0.3, -0.25) is 4.98 Å². The number of piperidine rings is 1. The molecule has 0 bridgehead atoms. The van der Waals surface area contributed by atoms with Gasteiger partial charge in [0.2, 0.25) is 0 Å². The third-order valence-electron chi connectivity index (χ3n) is 3.80. The number of aromatic nitrogens is 1. The van der Waals surface area contributed by atoms with E-state index >= 15 is 0 Å². The number of nitrogens with zero attached hydrogens (tertiary/aromatic N) is 2. The molecule has 0 aliphatic carbocycles. The number of pyridine rings is 1. The second-order valence-corrected chi connectivity index (χ2v) is 6.83. The Morgan fingerprint density at radius 1 is 1.43 bits per heavy atom. The minimum Gasteiger partial charge on any atom is -0.444 e. The van der Waals surface area contributed by atoms with Gasteiger partial charge < -0.3 is 20.1 Å². The van der Waals surface area contributed by atoms with Crippen LogP contribution >= 0.6 is 0 Å². The Hall–Kier alpha value is -1.82. The molecule has 6 nitrogen and oxygen atoms in total. The van der Waals surface area contributed by atoms with Gasteiger partial charge in [-0.2, -0.15) is 0 Å². The maximum Gasteiger partial charge on any atom is 0.410 e. The zero-order chi connectivity index (χ0) is 16.9. The van der Waals surface area contributed by atoms with E-state index in [0.717, 1.165) is 24.2 Å². The highest BCUT2D eigenvalue weighted by molar-refractivity contribution is 5.68. The highest BCUT2D eigenvalue weighted by Gasteiger charge is 2.28. The first-order chi connectivity index (χ1) is 10.9. The lowest BCUT2D eigenvalue weighted by Crippen LogP contribution is -2.41. The summed E-state index contributed by atoms with van der Waals surface area (Å²) in [6, 6.07) is 3.87. The molecule has 1 saturated heterocycles. The molecule has 2 heterocycles. The number of likely N-dealkylation sites (tertiary alicyclic amines) is 1. The topological polar surface area (TPSA) is 74.7 Å². The van der Waals surface area contributed by atoms with Crippen LogP contribution in [-0.2, 0) is 4.74 Å². The Balaban J connectivity index is 1.95. The molecule has 6 heteroatoms. The van der Waals surface area contributed by atoms with Crippen molar-refractivity contribution in [3.8, 4) is 0 Å². The molecule has 1 aliphatic heterocycles. The minimum absolute atomic E-state index is 0.0887. The molecule has 0 radical (unpaired) electrons. The van der Waals surface area contributed by atoms with E-state index in [4.69, 9.17) is 9.84 Å². The van der Waals surface area contributed by atoms with Crippen LogP contribution in [0.1, 0.15) is 45.2 Å². The van der Waals surface area contributed by atoms with E-state index in [9.17, 15) is 4.79 Å². The SMILES string of the molecule is CC(C)(C)OC(=O)N1CCC(c2ncccc2NCCO)CC1. The fourth-order valence-corrected chi connectivity index (χ4v) is 2.74. The summed E-state index contributed by atoms with van der Waals surface area (Å²) in [6.07, 6.45) is 3.28. The van der Waals surface area contributed by atoms with Gasteiger partial charge in [0.05, 0.1) is 18.0 Å². The van der Waals surface area contributed by atoms with Crippen molar-refractivity contribution in [1.29, 1.82) is 0 Å². The van der Waals surface area contributed by atoms with Crippen LogP contribution in [-0.4, -0.2) is 52.9 Å². The van der Waals surface area contributed by atoms with E-state index in [1.54, 1.807) is 11.1 Å². The molecular weight excluding hydrogens is 294 g/mol. The van der Waals surface area contributed by atoms with Gasteiger partial charge in [0.25, 0.3) is 0 Å². The largest absolute Gasteiger partial charge is 0.444 e. The van der Waals surface area contributed by atoms with Gasteiger partial charge in [-0.25, -0.2) is 4.79 Å². The van der Waals surface area contributed by atoms with E-state index in [2.05, 4.69) is 10.3 Å². The first kappa shape index (κ1) is 17.5. The van der Waals surface area contributed by atoms with Crippen molar-refractivity contribution >= 4 is 11.8 Å². The van der Waals surface area contributed by atoms with Crippen LogP contribution in [0.4, 0.5) is 10.5 Å². The van der Waals surface area contributed by atoms with Crippen molar-refractivity contribution < 1.29 is 14.6 Å². The van der Waals surface area contributed by atoms with Gasteiger partial charge in [-0.05, 0) is 45.7 Å². The Labute approximate surface area is 137 Å². The average Bonchev–Trinajstić information content (AvgIpc) is 2.52.